The third kappa shape index (κ3) is 4.51. The number of ether oxygens (including phenoxy) is 1. The summed E-state index contributed by atoms with van der Waals surface area (Å²) in [7, 11) is 1.56. The Kier molecular flexibility index (Phi) is 6.92. The summed E-state index contributed by atoms with van der Waals surface area (Å²) in [6.45, 7) is 0.837. The summed E-state index contributed by atoms with van der Waals surface area (Å²) in [5, 5.41) is 23.6. The fourth-order valence-electron chi connectivity index (χ4n) is 6.57. The number of aliphatic hydroxyl groups excluding tert-OH is 2. The molecule has 0 radical (unpaired) electrons. The number of carbonyl (C=O) groups is 2. The van der Waals surface area contributed by atoms with E-state index in [9.17, 15) is 19.8 Å². The van der Waals surface area contributed by atoms with Gasteiger partial charge in [-0.15, -0.1) is 0 Å². The summed E-state index contributed by atoms with van der Waals surface area (Å²) in [4.78, 5) is 36.7. The minimum absolute atomic E-state index is 0.00267. The lowest BCUT2D eigenvalue weighted by Crippen LogP contribution is -2.47. The van der Waals surface area contributed by atoms with E-state index in [4.69, 9.17) is 15.5 Å². The number of hydrogen-bond acceptors (Lipinski definition) is 9. The Morgan fingerprint density at radius 2 is 1.80 bits per heavy atom. The number of rotatable bonds is 7. The molecular formula is C30H32N6O5. The highest BCUT2D eigenvalue weighted by Gasteiger charge is 2.44. The molecule has 2 aliphatic heterocycles. The van der Waals surface area contributed by atoms with Crippen LogP contribution in [0.4, 0.5) is 5.82 Å². The second kappa shape index (κ2) is 10.6. The zero-order valence-electron chi connectivity index (χ0n) is 22.9. The smallest absolute Gasteiger partial charge is 0.248 e. The lowest BCUT2D eigenvalue weighted by Gasteiger charge is -2.39. The topological polar surface area (TPSA) is 156 Å². The predicted octanol–water partition coefficient (Wildman–Crippen LogP) is 2.97. The van der Waals surface area contributed by atoms with Gasteiger partial charge in [0, 0.05) is 46.5 Å². The minimum atomic E-state index is -0.499. The highest BCUT2D eigenvalue weighted by atomic mass is 16.5. The molecule has 3 atom stereocenters. The summed E-state index contributed by atoms with van der Waals surface area (Å²) >= 11 is 0. The molecular weight excluding hydrogens is 524 g/mol. The second-order valence-electron chi connectivity index (χ2n) is 10.7. The fourth-order valence-corrected chi connectivity index (χ4v) is 6.57. The van der Waals surface area contributed by atoms with Gasteiger partial charge in [0.2, 0.25) is 5.91 Å². The van der Waals surface area contributed by atoms with Gasteiger partial charge in [-0.1, -0.05) is 6.07 Å². The average Bonchev–Trinajstić information content (AvgIpc) is 3.54. The molecule has 212 valence electrons. The Morgan fingerprint density at radius 3 is 2.41 bits per heavy atom. The number of methoxy groups -OCH3 is 1. The van der Waals surface area contributed by atoms with Crippen molar-refractivity contribution < 1.29 is 24.5 Å². The van der Waals surface area contributed by atoms with Crippen molar-refractivity contribution in [3.05, 3.63) is 59.5 Å². The summed E-state index contributed by atoms with van der Waals surface area (Å²) in [5.74, 6) is 0.368. The number of benzene rings is 1. The molecule has 3 aromatic heterocycles. The number of nitrogens with two attached hydrogens (primary N) is 1. The molecule has 2 bridgehead atoms. The van der Waals surface area contributed by atoms with Gasteiger partial charge in [-0.3, -0.25) is 14.6 Å². The van der Waals surface area contributed by atoms with Crippen LogP contribution < -0.4 is 10.5 Å². The number of aliphatic hydroxyl groups is 2. The number of hydrogen-bond donors (Lipinski definition) is 3. The number of ketones is 1. The summed E-state index contributed by atoms with van der Waals surface area (Å²) < 4.78 is 6.80. The molecule has 2 fully saturated rings. The van der Waals surface area contributed by atoms with Crippen LogP contribution in [-0.2, 0) is 11.4 Å². The van der Waals surface area contributed by atoms with E-state index in [0.29, 0.717) is 41.1 Å². The van der Waals surface area contributed by atoms with Crippen LogP contribution in [0.1, 0.15) is 60.1 Å². The third-order valence-electron chi connectivity index (χ3n) is 8.43. The number of pyridine rings is 1. The molecule has 41 heavy (non-hydrogen) atoms. The van der Waals surface area contributed by atoms with Crippen molar-refractivity contribution in [2.24, 2.45) is 0 Å². The van der Waals surface area contributed by atoms with Gasteiger partial charge in [0.05, 0.1) is 36.9 Å². The van der Waals surface area contributed by atoms with Gasteiger partial charge in [-0.05, 0) is 56.9 Å². The Morgan fingerprint density at radius 1 is 1.07 bits per heavy atom. The van der Waals surface area contributed by atoms with Crippen LogP contribution in [0.2, 0.25) is 0 Å². The fraction of sp³-hybridized carbons (Fsp3) is 0.367. The largest absolute Gasteiger partial charge is 0.496 e. The van der Waals surface area contributed by atoms with Crippen LogP contribution in [0.3, 0.4) is 0 Å². The summed E-state index contributed by atoms with van der Waals surface area (Å²) in [5.41, 5.74) is 11.9. The van der Waals surface area contributed by atoms with E-state index in [1.54, 1.807) is 25.6 Å². The lowest BCUT2D eigenvalue weighted by molar-refractivity contribution is -0.138. The molecule has 0 saturated carbocycles. The molecule has 0 aliphatic carbocycles. The maximum atomic E-state index is 12.8. The Hall–Kier alpha value is -4.35. The Labute approximate surface area is 236 Å². The van der Waals surface area contributed by atoms with Crippen molar-refractivity contribution in [2.75, 3.05) is 19.5 Å². The number of nitrogens with zero attached hydrogens (tertiary/aromatic N) is 5. The normalized spacial score (nSPS) is 20.0. The van der Waals surface area contributed by atoms with E-state index in [2.05, 4.69) is 10.1 Å². The number of fused-ring (bicyclic) bond motifs is 3. The molecule has 2 aliphatic rings. The van der Waals surface area contributed by atoms with Gasteiger partial charge in [-0.25, -0.2) is 4.98 Å². The van der Waals surface area contributed by atoms with Gasteiger partial charge in [0.15, 0.2) is 11.4 Å². The first-order chi connectivity index (χ1) is 19.8. The quantitative estimate of drug-likeness (QED) is 0.291. The average molecular weight is 557 g/mol. The van der Waals surface area contributed by atoms with Gasteiger partial charge >= 0.3 is 0 Å². The number of nitrogen functional groups attached to an aromatic ring is 1. The van der Waals surface area contributed by atoms with Crippen LogP contribution in [0.25, 0.3) is 28.0 Å². The van der Waals surface area contributed by atoms with Crippen molar-refractivity contribution in [3.8, 4) is 28.1 Å². The van der Waals surface area contributed by atoms with Gasteiger partial charge in [-0.2, -0.15) is 9.61 Å². The first-order valence-electron chi connectivity index (χ1n) is 13.7. The van der Waals surface area contributed by atoms with E-state index < -0.39 is 6.61 Å². The van der Waals surface area contributed by atoms with Crippen LogP contribution in [-0.4, -0.2) is 72.2 Å². The van der Waals surface area contributed by atoms with E-state index >= 15 is 0 Å². The monoisotopic (exact) mass is 556 g/mol. The van der Waals surface area contributed by atoms with Gasteiger partial charge in [0.25, 0.3) is 0 Å². The zero-order valence-corrected chi connectivity index (χ0v) is 22.9. The Bertz CT molecular complexity index is 1640. The molecule has 11 nitrogen and oxygen atoms in total. The van der Waals surface area contributed by atoms with Crippen molar-refractivity contribution >= 4 is 23.2 Å². The summed E-state index contributed by atoms with van der Waals surface area (Å²) in [6, 6.07) is 9.37. The highest BCUT2D eigenvalue weighted by molar-refractivity contribution is 6.00. The van der Waals surface area contributed by atoms with E-state index in [-0.39, 0.29) is 42.1 Å². The van der Waals surface area contributed by atoms with Crippen molar-refractivity contribution in [3.63, 3.8) is 0 Å². The van der Waals surface area contributed by atoms with Crippen LogP contribution in [0.5, 0.6) is 5.75 Å². The molecule has 0 spiro atoms. The number of anilines is 1. The standard InChI is InChI=1S/C30H32N6O5/c1-16(39)27-28(19-10-21-5-6-22(11-19)35(21)26(40)15-38)34-30-23(13-33-36(30)29(27)31)18-3-7-24(32-12-18)17-4-8-25(41-2)20(9-17)14-37/h3-4,7-9,12-13,19,21-22,37-38H,5-6,10-11,14-15,31H2,1-2H3/t19?,21-,22+. The van der Waals surface area contributed by atoms with E-state index in [1.807, 2.05) is 29.2 Å². The first-order valence-corrected chi connectivity index (χ1v) is 13.7. The number of amides is 1. The zero-order chi connectivity index (χ0) is 28.8. The van der Waals surface area contributed by atoms with Crippen molar-refractivity contribution in [1.82, 2.24) is 24.5 Å². The number of Topliss-reactive ketones (excluding diaryl/α,β-unsaturated/α-hetero) is 1. The second-order valence-corrected chi connectivity index (χ2v) is 10.7. The van der Waals surface area contributed by atoms with Crippen molar-refractivity contribution in [1.29, 1.82) is 0 Å². The Balaban J connectivity index is 1.38. The third-order valence-corrected chi connectivity index (χ3v) is 8.43. The molecule has 2 saturated heterocycles. The van der Waals surface area contributed by atoms with Gasteiger partial charge < -0.3 is 25.6 Å². The van der Waals surface area contributed by atoms with Crippen molar-refractivity contribution in [2.45, 2.75) is 57.2 Å². The molecule has 1 aromatic carbocycles. The highest BCUT2D eigenvalue weighted by Crippen LogP contribution is 2.44. The maximum absolute atomic E-state index is 12.8. The maximum Gasteiger partial charge on any atom is 0.248 e. The van der Waals surface area contributed by atoms with Gasteiger partial charge in [0.1, 0.15) is 18.2 Å². The molecule has 1 unspecified atom stereocenters. The number of carbonyl (C=O) groups excluding carboxylic acids is 2. The number of piperidine rings is 1. The van der Waals surface area contributed by atoms with Crippen LogP contribution >= 0.6 is 0 Å². The number of aromatic nitrogens is 4. The molecule has 5 heterocycles. The van der Waals surface area contributed by atoms with E-state index in [1.165, 1.54) is 11.4 Å². The lowest BCUT2D eigenvalue weighted by atomic mass is 9.85. The molecule has 4 aromatic rings. The summed E-state index contributed by atoms with van der Waals surface area (Å²) in [6.07, 6.45) is 6.45. The van der Waals surface area contributed by atoms with Crippen LogP contribution in [0, 0.1) is 0 Å². The van der Waals surface area contributed by atoms with Crippen LogP contribution in [0.15, 0.2) is 42.7 Å². The van der Waals surface area contributed by atoms with E-state index in [0.717, 1.165) is 35.2 Å². The SMILES string of the molecule is COc1ccc(-c2ccc(-c3cnn4c(N)c(C(C)=O)c(C5C[C@H]6CC[C@@H](C5)N6C(=O)CO)nc34)cn2)cc1CO. The molecule has 11 heteroatoms. The first kappa shape index (κ1) is 26.9. The molecule has 6 rings (SSSR count). The molecule has 4 N–H and O–H groups in total. The predicted molar refractivity (Wildman–Crippen MR) is 151 cm³/mol. The molecule has 1 amide bonds. The minimum Gasteiger partial charge on any atom is -0.496 e.